The predicted octanol–water partition coefficient (Wildman–Crippen LogP) is 7.28. The normalized spacial score (nSPS) is 19.6. The molecule has 4 aromatic rings. The highest BCUT2D eigenvalue weighted by molar-refractivity contribution is 6.30. The molecule has 8 nitrogen and oxygen atoms in total. The molecule has 1 saturated heterocycles. The lowest BCUT2D eigenvalue weighted by molar-refractivity contribution is -0.144. The van der Waals surface area contributed by atoms with Gasteiger partial charge in [0.1, 0.15) is 5.82 Å². The van der Waals surface area contributed by atoms with Crippen LogP contribution in [-0.4, -0.2) is 51.4 Å². The lowest BCUT2D eigenvalue weighted by atomic mass is 9.88. The van der Waals surface area contributed by atoms with E-state index >= 15 is 0 Å². The molecule has 1 N–H and O–H groups in total. The van der Waals surface area contributed by atoms with Crippen molar-refractivity contribution < 1.29 is 31.8 Å². The Morgan fingerprint density at radius 1 is 1.16 bits per heavy atom. The van der Waals surface area contributed by atoms with Crippen molar-refractivity contribution in [3.05, 3.63) is 87.7 Å². The number of rotatable bonds is 8. The van der Waals surface area contributed by atoms with E-state index in [4.69, 9.17) is 25.8 Å². The van der Waals surface area contributed by atoms with Gasteiger partial charge in [0.15, 0.2) is 17.3 Å². The number of methoxy groups -OCH3 is 1. The largest absolute Gasteiger partial charge is 0.451 e. The van der Waals surface area contributed by atoms with Crippen molar-refractivity contribution in [2.24, 2.45) is 0 Å². The lowest BCUT2D eigenvalue weighted by Crippen LogP contribution is -2.34. The van der Waals surface area contributed by atoms with Crippen molar-refractivity contribution in [1.82, 2.24) is 25.1 Å². The summed E-state index contributed by atoms with van der Waals surface area (Å²) in [7, 11) is 1.61. The number of nitrogens with one attached hydrogen (secondary N) is 1. The number of benzene rings is 2. The Hall–Kier alpha value is -3.74. The van der Waals surface area contributed by atoms with Crippen molar-refractivity contribution in [3.8, 4) is 22.9 Å². The molecule has 4 heterocycles. The minimum Gasteiger partial charge on any atom is -0.444 e. The van der Waals surface area contributed by atoms with E-state index in [2.05, 4.69) is 20.0 Å². The molecule has 0 bridgehead atoms. The maximum atomic E-state index is 14.8. The Labute approximate surface area is 262 Å². The number of piperidine rings is 1. The SMILES string of the molecule is CO[C@H](C)Cc1cc(-c2n[nH]c(C(F)(F)F)n2)cnc1CN1CCC(c2cccc3c2O[C@@](C)(c2ccc(Cl)cc2F)O3)CC1. The molecule has 2 aromatic heterocycles. The van der Waals surface area contributed by atoms with Crippen LogP contribution in [0.1, 0.15) is 60.8 Å². The molecule has 0 radical (unpaired) electrons. The molecule has 0 spiro atoms. The number of hydrogen-bond donors (Lipinski definition) is 1. The van der Waals surface area contributed by atoms with Gasteiger partial charge in [-0.3, -0.25) is 15.0 Å². The minimum atomic E-state index is -4.62. The average molecular weight is 646 g/mol. The van der Waals surface area contributed by atoms with Crippen LogP contribution in [0.25, 0.3) is 11.4 Å². The van der Waals surface area contributed by atoms with E-state index in [1.165, 1.54) is 12.3 Å². The van der Waals surface area contributed by atoms with Crippen LogP contribution in [0.5, 0.6) is 11.5 Å². The molecule has 238 valence electrons. The fourth-order valence-electron chi connectivity index (χ4n) is 5.94. The van der Waals surface area contributed by atoms with Crippen LogP contribution in [0.15, 0.2) is 48.7 Å². The number of ether oxygens (including phenoxy) is 3. The molecule has 0 saturated carbocycles. The number of para-hydroxylation sites is 1. The number of likely N-dealkylation sites (tertiary alicyclic amines) is 1. The van der Waals surface area contributed by atoms with Crippen LogP contribution in [0, 0.1) is 5.82 Å². The Bertz CT molecular complexity index is 1690. The number of H-pyrrole nitrogens is 1. The van der Waals surface area contributed by atoms with Gasteiger partial charge >= 0.3 is 6.18 Å². The summed E-state index contributed by atoms with van der Waals surface area (Å²) in [6, 6.07) is 12.0. The number of hydrogen-bond acceptors (Lipinski definition) is 7. The summed E-state index contributed by atoms with van der Waals surface area (Å²) in [4.78, 5) is 10.6. The van der Waals surface area contributed by atoms with Crippen molar-refractivity contribution in [1.29, 1.82) is 0 Å². The van der Waals surface area contributed by atoms with E-state index in [1.54, 1.807) is 32.2 Å². The van der Waals surface area contributed by atoms with Gasteiger partial charge in [-0.1, -0.05) is 23.7 Å². The summed E-state index contributed by atoms with van der Waals surface area (Å²) in [6.45, 7) is 5.77. The zero-order chi connectivity index (χ0) is 31.9. The zero-order valence-electron chi connectivity index (χ0n) is 24.9. The van der Waals surface area contributed by atoms with Crippen LogP contribution in [0.2, 0.25) is 5.02 Å². The van der Waals surface area contributed by atoms with Crippen LogP contribution < -0.4 is 9.47 Å². The Balaban J connectivity index is 1.16. The molecular weight excluding hydrogens is 614 g/mol. The third-order valence-corrected chi connectivity index (χ3v) is 8.65. The number of nitrogens with zero attached hydrogens (tertiary/aromatic N) is 4. The van der Waals surface area contributed by atoms with E-state index in [-0.39, 0.29) is 23.4 Å². The average Bonchev–Trinajstić information content (AvgIpc) is 3.64. The second-order valence-corrected chi connectivity index (χ2v) is 12.0. The van der Waals surface area contributed by atoms with Gasteiger partial charge in [0.05, 0.1) is 17.4 Å². The van der Waals surface area contributed by atoms with Crippen molar-refractivity contribution in [3.63, 3.8) is 0 Å². The molecule has 6 rings (SSSR count). The first-order chi connectivity index (χ1) is 21.4. The first-order valence-electron chi connectivity index (χ1n) is 14.6. The molecule has 2 aromatic carbocycles. The van der Waals surface area contributed by atoms with Gasteiger partial charge in [-0.15, -0.1) is 0 Å². The van der Waals surface area contributed by atoms with E-state index in [1.807, 2.05) is 30.2 Å². The molecule has 0 amide bonds. The number of halogens is 5. The lowest BCUT2D eigenvalue weighted by Gasteiger charge is -2.33. The Morgan fingerprint density at radius 2 is 1.93 bits per heavy atom. The number of aromatic nitrogens is 4. The quantitative estimate of drug-likeness (QED) is 0.202. The molecule has 0 aliphatic carbocycles. The van der Waals surface area contributed by atoms with Crippen molar-refractivity contribution in [2.45, 2.75) is 63.6 Å². The summed E-state index contributed by atoms with van der Waals surface area (Å²) in [5.74, 6) is -1.64. The van der Waals surface area contributed by atoms with Gasteiger partial charge in [0.2, 0.25) is 5.82 Å². The van der Waals surface area contributed by atoms with Crippen LogP contribution in [0.4, 0.5) is 17.6 Å². The third kappa shape index (κ3) is 6.49. The van der Waals surface area contributed by atoms with E-state index < -0.39 is 23.6 Å². The van der Waals surface area contributed by atoms with Crippen LogP contribution >= 0.6 is 11.6 Å². The van der Waals surface area contributed by atoms with Crippen molar-refractivity contribution in [2.75, 3.05) is 20.2 Å². The van der Waals surface area contributed by atoms with Gasteiger partial charge in [-0.2, -0.15) is 18.3 Å². The van der Waals surface area contributed by atoms with Crippen LogP contribution in [0.3, 0.4) is 0 Å². The topological polar surface area (TPSA) is 85.4 Å². The molecule has 2 aliphatic rings. The first-order valence-corrected chi connectivity index (χ1v) is 15.0. The van der Waals surface area contributed by atoms with Gasteiger partial charge in [-0.05, 0) is 74.7 Å². The minimum absolute atomic E-state index is 0.0648. The van der Waals surface area contributed by atoms with Crippen LogP contribution in [-0.2, 0) is 29.7 Å². The van der Waals surface area contributed by atoms with Crippen molar-refractivity contribution >= 4 is 11.6 Å². The monoisotopic (exact) mass is 645 g/mol. The first kappa shape index (κ1) is 31.3. The number of alkyl halides is 3. The standard InChI is InChI=1S/C32H32ClF4N5O3/c1-18(43-3)13-20-14-21(29-39-30(41-40-29)32(35,36)37)16-38-26(20)17-42-11-9-19(10-12-42)23-5-4-6-27-28(23)45-31(2,44-27)24-8-7-22(33)15-25(24)34/h4-8,14-16,18-19H,9-13,17H2,1-3H3,(H,39,40,41)/t18-,31+/m1/s1. The fourth-order valence-corrected chi connectivity index (χ4v) is 6.10. The highest BCUT2D eigenvalue weighted by Crippen LogP contribution is 2.50. The molecule has 0 unspecified atom stereocenters. The van der Waals surface area contributed by atoms with Gasteiger partial charge in [-0.25, -0.2) is 9.37 Å². The molecule has 45 heavy (non-hydrogen) atoms. The third-order valence-electron chi connectivity index (χ3n) is 8.41. The van der Waals surface area contributed by atoms with Gasteiger partial charge in [0.25, 0.3) is 5.79 Å². The number of aromatic amines is 1. The van der Waals surface area contributed by atoms with E-state index in [0.717, 1.165) is 42.8 Å². The summed E-state index contributed by atoms with van der Waals surface area (Å²) in [6.07, 6.45) is -1.00. The molecule has 13 heteroatoms. The molecular formula is C32H32ClF4N5O3. The summed E-state index contributed by atoms with van der Waals surface area (Å²) < 4.78 is 72.0. The highest BCUT2D eigenvalue weighted by atomic mass is 35.5. The van der Waals surface area contributed by atoms with E-state index in [9.17, 15) is 17.6 Å². The predicted molar refractivity (Wildman–Crippen MR) is 159 cm³/mol. The molecule has 2 atom stereocenters. The number of fused-ring (bicyclic) bond motifs is 1. The summed E-state index contributed by atoms with van der Waals surface area (Å²) in [5, 5.41) is 6.01. The Kier molecular flexibility index (Phi) is 8.49. The second-order valence-electron chi connectivity index (χ2n) is 11.6. The number of pyridine rings is 1. The highest BCUT2D eigenvalue weighted by Gasteiger charge is 2.43. The smallest absolute Gasteiger partial charge is 0.444 e. The maximum absolute atomic E-state index is 14.8. The molecule has 1 fully saturated rings. The Morgan fingerprint density at radius 3 is 2.62 bits per heavy atom. The summed E-state index contributed by atoms with van der Waals surface area (Å²) in [5.41, 5.74) is 3.37. The summed E-state index contributed by atoms with van der Waals surface area (Å²) >= 11 is 5.96. The van der Waals surface area contributed by atoms with E-state index in [0.29, 0.717) is 35.1 Å². The van der Waals surface area contributed by atoms with Gasteiger partial charge in [0, 0.05) is 49.3 Å². The fraction of sp³-hybridized carbons (Fsp3) is 0.406. The van der Waals surface area contributed by atoms with Gasteiger partial charge < -0.3 is 14.2 Å². The second kappa shape index (κ2) is 12.2. The molecule has 2 aliphatic heterocycles. The zero-order valence-corrected chi connectivity index (χ0v) is 25.7. The maximum Gasteiger partial charge on any atom is 0.451 e.